The van der Waals surface area contributed by atoms with Gasteiger partial charge in [0.25, 0.3) is 10.0 Å². The van der Waals surface area contributed by atoms with Crippen LogP contribution in [0.1, 0.15) is 5.56 Å². The minimum Gasteiger partial charge on any atom is -0.497 e. The highest BCUT2D eigenvalue weighted by Gasteiger charge is 2.27. The zero-order valence-corrected chi connectivity index (χ0v) is 22.6. The first-order chi connectivity index (χ1) is 16.7. The highest BCUT2D eigenvalue weighted by Crippen LogP contribution is 2.27. The van der Waals surface area contributed by atoms with Crippen molar-refractivity contribution in [1.29, 1.82) is 0 Å². The smallest absolute Gasteiger partial charge is 0.264 e. The van der Waals surface area contributed by atoms with Crippen LogP contribution in [-0.4, -0.2) is 40.3 Å². The zero-order chi connectivity index (χ0) is 25.4. The number of methoxy groups -OCH3 is 1. The van der Waals surface area contributed by atoms with Crippen LogP contribution in [0.4, 0.5) is 5.69 Å². The van der Waals surface area contributed by atoms with Gasteiger partial charge in [-0.2, -0.15) is 11.8 Å². The molecule has 0 radical (unpaired) electrons. The molecule has 3 rings (SSSR count). The molecule has 0 aliphatic rings. The highest BCUT2D eigenvalue weighted by molar-refractivity contribution is 7.98. The van der Waals surface area contributed by atoms with Crippen molar-refractivity contribution < 1.29 is 17.9 Å². The predicted molar refractivity (Wildman–Crippen MR) is 145 cm³/mol. The molecule has 186 valence electrons. The summed E-state index contributed by atoms with van der Waals surface area (Å²) in [6.45, 7) is -0.0248. The van der Waals surface area contributed by atoms with Crippen LogP contribution >= 0.6 is 46.6 Å². The molecule has 0 saturated heterocycles. The maximum atomic E-state index is 13.4. The summed E-state index contributed by atoms with van der Waals surface area (Å²) >= 11 is 19.7. The minimum absolute atomic E-state index is 0.0308. The lowest BCUT2D eigenvalue weighted by atomic mass is 10.2. The molecule has 1 N–H and O–H groups in total. The lowest BCUT2D eigenvalue weighted by Crippen LogP contribution is -2.41. The summed E-state index contributed by atoms with van der Waals surface area (Å²) in [5, 5.41) is 4.14. The van der Waals surface area contributed by atoms with E-state index in [9.17, 15) is 13.2 Å². The molecule has 11 heteroatoms. The number of nitrogens with zero attached hydrogens (tertiary/aromatic N) is 1. The van der Waals surface area contributed by atoms with Crippen molar-refractivity contribution in [3.63, 3.8) is 0 Å². The maximum Gasteiger partial charge on any atom is 0.264 e. The first-order valence-corrected chi connectivity index (χ1v) is 14.1. The number of halogens is 3. The Hall–Kier alpha value is -2.10. The van der Waals surface area contributed by atoms with Gasteiger partial charge in [0.1, 0.15) is 12.3 Å². The van der Waals surface area contributed by atoms with Gasteiger partial charge in [0.15, 0.2) is 0 Å². The molecule has 0 atom stereocenters. The first-order valence-electron chi connectivity index (χ1n) is 10.4. The molecule has 1 amide bonds. The topological polar surface area (TPSA) is 75.7 Å². The number of carbonyl (C=O) groups excluding carboxylic acids is 1. The number of sulfonamides is 1. The van der Waals surface area contributed by atoms with Crippen molar-refractivity contribution >= 4 is 68.2 Å². The first kappa shape index (κ1) is 27.5. The molecular weight excluding hydrogens is 551 g/mol. The standard InChI is InChI=1S/C24H23Cl3N2O4S2/c1-33-20-6-8-21(9-7-20)35(31,32)29(19-4-2-3-18(25)14-19)15-24(30)28-11-12-34-16-17-5-10-22(26)23(27)13-17/h2-10,13-14H,11-12,15-16H2,1H3,(H,28,30). The molecule has 0 aliphatic carbocycles. The lowest BCUT2D eigenvalue weighted by Gasteiger charge is -2.24. The second-order valence-corrected chi connectivity index (χ2v) is 11.5. The summed E-state index contributed by atoms with van der Waals surface area (Å²) in [5.74, 6) is 1.42. The van der Waals surface area contributed by atoms with Crippen LogP contribution in [0.3, 0.4) is 0 Å². The summed E-state index contributed by atoms with van der Waals surface area (Å²) in [7, 11) is -2.54. The number of hydrogen-bond donors (Lipinski definition) is 1. The van der Waals surface area contributed by atoms with Crippen LogP contribution in [0.2, 0.25) is 15.1 Å². The third-order valence-corrected chi connectivity index (χ3v) is 8.64. The molecule has 35 heavy (non-hydrogen) atoms. The largest absolute Gasteiger partial charge is 0.497 e. The minimum atomic E-state index is -4.04. The van der Waals surface area contributed by atoms with Crippen LogP contribution in [-0.2, 0) is 20.6 Å². The fraction of sp³-hybridized carbons (Fsp3) is 0.208. The predicted octanol–water partition coefficient (Wildman–Crippen LogP) is 5.90. The van der Waals surface area contributed by atoms with Crippen molar-refractivity contribution in [3.8, 4) is 5.75 Å². The molecule has 6 nitrogen and oxygen atoms in total. The van der Waals surface area contributed by atoms with Crippen molar-refractivity contribution in [2.45, 2.75) is 10.6 Å². The Morgan fingerprint density at radius 1 is 1.00 bits per heavy atom. The number of benzene rings is 3. The molecule has 3 aromatic rings. The summed E-state index contributed by atoms with van der Waals surface area (Å²) in [4.78, 5) is 12.7. The van der Waals surface area contributed by atoms with E-state index in [0.29, 0.717) is 38.9 Å². The third kappa shape index (κ3) is 7.69. The van der Waals surface area contributed by atoms with Crippen molar-refractivity contribution in [2.24, 2.45) is 0 Å². The van der Waals surface area contributed by atoms with Gasteiger partial charge >= 0.3 is 0 Å². The average molecular weight is 574 g/mol. The Morgan fingerprint density at radius 2 is 1.74 bits per heavy atom. The number of amides is 1. The van der Waals surface area contributed by atoms with Gasteiger partial charge in [-0.25, -0.2) is 8.42 Å². The second kappa shape index (κ2) is 12.7. The van der Waals surface area contributed by atoms with Gasteiger partial charge in [0, 0.05) is 23.1 Å². The number of hydrogen-bond acceptors (Lipinski definition) is 5. The number of thioether (sulfide) groups is 1. The second-order valence-electron chi connectivity index (χ2n) is 7.32. The number of anilines is 1. The van der Waals surface area contributed by atoms with Crippen LogP contribution in [0.25, 0.3) is 0 Å². The van der Waals surface area contributed by atoms with Gasteiger partial charge in [-0.15, -0.1) is 0 Å². The summed E-state index contributed by atoms with van der Waals surface area (Å²) < 4.78 is 32.9. The lowest BCUT2D eigenvalue weighted by molar-refractivity contribution is -0.119. The zero-order valence-electron chi connectivity index (χ0n) is 18.7. The van der Waals surface area contributed by atoms with Crippen molar-refractivity contribution in [1.82, 2.24) is 5.32 Å². The molecule has 0 saturated carbocycles. The fourth-order valence-corrected chi connectivity index (χ4v) is 5.81. The Morgan fingerprint density at radius 3 is 2.40 bits per heavy atom. The van der Waals surface area contributed by atoms with Gasteiger partial charge in [0.05, 0.1) is 27.7 Å². The highest BCUT2D eigenvalue weighted by atomic mass is 35.5. The van der Waals surface area contributed by atoms with E-state index >= 15 is 0 Å². The Balaban J connectivity index is 1.64. The maximum absolute atomic E-state index is 13.4. The van der Waals surface area contributed by atoms with E-state index < -0.39 is 22.5 Å². The Labute approximate surface area is 224 Å². The number of ether oxygens (including phenoxy) is 1. The normalized spacial score (nSPS) is 11.2. The third-order valence-electron chi connectivity index (χ3n) is 4.85. The number of nitrogens with one attached hydrogen (secondary N) is 1. The Kier molecular flexibility index (Phi) is 10.0. The van der Waals surface area contributed by atoms with Gasteiger partial charge in [-0.3, -0.25) is 9.10 Å². The summed E-state index contributed by atoms with van der Waals surface area (Å²) in [6, 6.07) is 17.8. The van der Waals surface area contributed by atoms with Crippen LogP contribution in [0.15, 0.2) is 71.6 Å². The molecule has 0 heterocycles. The van der Waals surface area contributed by atoms with Gasteiger partial charge < -0.3 is 10.1 Å². The molecule has 0 spiro atoms. The van der Waals surface area contributed by atoms with Crippen molar-refractivity contribution in [2.75, 3.05) is 30.3 Å². The molecule has 0 bridgehead atoms. The van der Waals surface area contributed by atoms with Gasteiger partial charge in [-0.05, 0) is 60.2 Å². The average Bonchev–Trinajstić information content (AvgIpc) is 2.84. The summed E-state index contributed by atoms with van der Waals surface area (Å²) in [5.41, 5.74) is 1.31. The van der Waals surface area contributed by atoms with Gasteiger partial charge in [0.2, 0.25) is 5.91 Å². The number of carbonyl (C=O) groups is 1. The van der Waals surface area contributed by atoms with Crippen LogP contribution in [0, 0.1) is 0 Å². The quantitative estimate of drug-likeness (QED) is 0.289. The molecule has 0 unspecified atom stereocenters. The van der Waals surface area contributed by atoms with E-state index in [4.69, 9.17) is 39.5 Å². The number of rotatable bonds is 11. The van der Waals surface area contributed by atoms with E-state index in [1.165, 1.54) is 25.3 Å². The fourth-order valence-electron chi connectivity index (χ4n) is 3.09. The molecular formula is C24H23Cl3N2O4S2. The monoisotopic (exact) mass is 572 g/mol. The van der Waals surface area contributed by atoms with E-state index in [0.717, 1.165) is 9.87 Å². The van der Waals surface area contributed by atoms with E-state index in [2.05, 4.69) is 5.32 Å². The van der Waals surface area contributed by atoms with E-state index in [1.807, 2.05) is 12.1 Å². The van der Waals surface area contributed by atoms with E-state index in [-0.39, 0.29) is 10.6 Å². The Bertz CT molecular complexity index is 1270. The van der Waals surface area contributed by atoms with Crippen molar-refractivity contribution in [3.05, 3.63) is 87.4 Å². The SMILES string of the molecule is COc1ccc(S(=O)(=O)N(CC(=O)NCCSCc2ccc(Cl)c(Cl)c2)c2cccc(Cl)c2)cc1. The molecule has 0 aromatic heterocycles. The van der Waals surface area contributed by atoms with Crippen LogP contribution in [0.5, 0.6) is 5.75 Å². The van der Waals surface area contributed by atoms with Gasteiger partial charge in [-0.1, -0.05) is 46.9 Å². The summed E-state index contributed by atoms with van der Waals surface area (Å²) in [6.07, 6.45) is 0. The van der Waals surface area contributed by atoms with Crippen LogP contribution < -0.4 is 14.4 Å². The molecule has 0 aliphatic heterocycles. The van der Waals surface area contributed by atoms with E-state index in [1.54, 1.807) is 48.2 Å². The molecule has 0 fully saturated rings. The molecule has 3 aromatic carbocycles.